The van der Waals surface area contributed by atoms with Crippen molar-refractivity contribution in [3.05, 3.63) is 176 Å². The van der Waals surface area contributed by atoms with Crippen LogP contribution in [0.5, 0.6) is 0 Å². The zero-order valence-electron chi connectivity index (χ0n) is 27.5. The number of aromatic nitrogens is 1. The molecule has 11 aromatic rings. The van der Waals surface area contributed by atoms with Crippen LogP contribution in [0, 0.1) is 0 Å². The average molecular weight is 684 g/mol. The van der Waals surface area contributed by atoms with Crippen molar-refractivity contribution in [2.24, 2.45) is 0 Å². The van der Waals surface area contributed by atoms with E-state index in [1.165, 1.54) is 101 Å². The van der Waals surface area contributed by atoms with Gasteiger partial charge in [0.05, 0.1) is 11.0 Å². The lowest BCUT2D eigenvalue weighted by atomic mass is 9.95. The smallest absolute Gasteiger partial charge is 0.0619 e. The molecule has 0 bridgehead atoms. The van der Waals surface area contributed by atoms with Gasteiger partial charge in [-0.3, -0.25) is 0 Å². The molecular weight excluding hydrogens is 655 g/mol. The Bertz CT molecular complexity index is 3130. The fourth-order valence-corrected chi connectivity index (χ4v) is 10.2. The van der Waals surface area contributed by atoms with E-state index in [1.807, 2.05) is 22.7 Å². The first kappa shape index (κ1) is 28.8. The Morgan fingerprint density at radius 3 is 1.55 bits per heavy atom. The highest BCUT2D eigenvalue weighted by molar-refractivity contribution is 7.26. The molecule has 0 aliphatic rings. The maximum Gasteiger partial charge on any atom is 0.0619 e. The standard InChI is InChI=1S/C48H29NS2/c1-3-11-30(12-4-1)34-27-38(31-13-5-2-6-14-31)48-42(28-34)39-25-32(33-20-23-46-40(26-33)36-15-7-9-17-44(36)50-46)19-22-43(39)49(48)35-21-24-47-41(29-35)37-16-8-10-18-45(37)51-47/h1-29H. The molecule has 3 aromatic heterocycles. The normalized spacial score (nSPS) is 11.9. The number of hydrogen-bond acceptors (Lipinski definition) is 2. The van der Waals surface area contributed by atoms with Gasteiger partial charge in [-0.05, 0) is 94.5 Å². The molecule has 0 aliphatic heterocycles. The largest absolute Gasteiger partial charge is 0.309 e. The minimum absolute atomic E-state index is 1.18. The number of fused-ring (bicyclic) bond motifs is 9. The number of benzene rings is 8. The predicted octanol–water partition coefficient (Wildman–Crippen LogP) is 14.5. The zero-order valence-corrected chi connectivity index (χ0v) is 29.1. The lowest BCUT2D eigenvalue weighted by molar-refractivity contribution is 1.19. The first-order chi connectivity index (χ1) is 25.3. The van der Waals surface area contributed by atoms with Gasteiger partial charge < -0.3 is 4.57 Å². The van der Waals surface area contributed by atoms with Gasteiger partial charge in [-0.2, -0.15) is 0 Å². The Hall–Kier alpha value is -6.00. The van der Waals surface area contributed by atoms with E-state index in [2.05, 4.69) is 180 Å². The van der Waals surface area contributed by atoms with Crippen molar-refractivity contribution < 1.29 is 0 Å². The Kier molecular flexibility index (Phi) is 6.36. The van der Waals surface area contributed by atoms with Crippen molar-refractivity contribution in [2.75, 3.05) is 0 Å². The number of rotatable bonds is 4. The van der Waals surface area contributed by atoms with E-state index in [4.69, 9.17) is 0 Å². The van der Waals surface area contributed by atoms with Crippen LogP contribution in [0.3, 0.4) is 0 Å². The number of hydrogen-bond donors (Lipinski definition) is 0. The van der Waals surface area contributed by atoms with Crippen molar-refractivity contribution in [3.8, 4) is 39.1 Å². The van der Waals surface area contributed by atoms with Gasteiger partial charge in [0.25, 0.3) is 0 Å². The Morgan fingerprint density at radius 1 is 0.314 bits per heavy atom. The third-order valence-electron chi connectivity index (χ3n) is 10.4. The number of thiophene rings is 2. The third kappa shape index (κ3) is 4.52. The molecule has 1 nitrogen and oxygen atoms in total. The van der Waals surface area contributed by atoms with Gasteiger partial charge in [-0.25, -0.2) is 0 Å². The van der Waals surface area contributed by atoms with Crippen molar-refractivity contribution in [1.82, 2.24) is 4.57 Å². The van der Waals surface area contributed by atoms with E-state index in [9.17, 15) is 0 Å². The van der Waals surface area contributed by atoms with E-state index >= 15 is 0 Å². The quantitative estimate of drug-likeness (QED) is 0.174. The lowest BCUT2D eigenvalue weighted by Crippen LogP contribution is -1.96. The van der Waals surface area contributed by atoms with Gasteiger partial charge >= 0.3 is 0 Å². The molecule has 11 rings (SSSR count). The van der Waals surface area contributed by atoms with Crippen LogP contribution in [0.2, 0.25) is 0 Å². The fourth-order valence-electron chi connectivity index (χ4n) is 7.99. The van der Waals surface area contributed by atoms with Crippen LogP contribution in [0.4, 0.5) is 0 Å². The van der Waals surface area contributed by atoms with E-state index in [0.717, 1.165) is 0 Å². The maximum absolute atomic E-state index is 2.51. The molecule has 8 aromatic carbocycles. The molecule has 0 aliphatic carbocycles. The molecule has 0 fully saturated rings. The molecule has 3 heterocycles. The van der Waals surface area contributed by atoms with Crippen LogP contribution in [0.25, 0.3) is 101 Å². The summed E-state index contributed by atoms with van der Waals surface area (Å²) in [7, 11) is 0. The number of nitrogens with zero attached hydrogens (tertiary/aromatic N) is 1. The Balaban J connectivity index is 1.24. The van der Waals surface area contributed by atoms with Gasteiger partial charge in [-0.1, -0.05) is 109 Å². The monoisotopic (exact) mass is 683 g/mol. The average Bonchev–Trinajstić information content (AvgIpc) is 3.87. The summed E-state index contributed by atoms with van der Waals surface area (Å²) in [5.41, 5.74) is 10.9. The van der Waals surface area contributed by atoms with Crippen LogP contribution >= 0.6 is 22.7 Å². The first-order valence-electron chi connectivity index (χ1n) is 17.3. The summed E-state index contributed by atoms with van der Waals surface area (Å²) in [5, 5.41) is 7.78. The van der Waals surface area contributed by atoms with Gasteiger partial charge in [0, 0.05) is 62.4 Å². The summed E-state index contributed by atoms with van der Waals surface area (Å²) in [4.78, 5) is 0. The highest BCUT2D eigenvalue weighted by Crippen LogP contribution is 2.44. The molecule has 0 radical (unpaired) electrons. The molecule has 0 saturated carbocycles. The van der Waals surface area contributed by atoms with Gasteiger partial charge in [0.15, 0.2) is 0 Å². The van der Waals surface area contributed by atoms with Crippen molar-refractivity contribution in [3.63, 3.8) is 0 Å². The molecular formula is C48H29NS2. The highest BCUT2D eigenvalue weighted by atomic mass is 32.1. The summed E-state index contributed by atoms with van der Waals surface area (Å²) < 4.78 is 7.81. The van der Waals surface area contributed by atoms with E-state index in [0.29, 0.717) is 0 Å². The first-order valence-corrected chi connectivity index (χ1v) is 19.0. The summed E-state index contributed by atoms with van der Waals surface area (Å²) in [6.07, 6.45) is 0. The maximum atomic E-state index is 2.51. The topological polar surface area (TPSA) is 4.93 Å². The van der Waals surface area contributed by atoms with Crippen LogP contribution in [0.1, 0.15) is 0 Å². The summed E-state index contributed by atoms with van der Waals surface area (Å²) >= 11 is 3.74. The summed E-state index contributed by atoms with van der Waals surface area (Å²) in [5.74, 6) is 0. The van der Waals surface area contributed by atoms with Crippen LogP contribution in [-0.2, 0) is 0 Å². The molecule has 0 N–H and O–H groups in total. The van der Waals surface area contributed by atoms with Gasteiger partial charge in [-0.15, -0.1) is 22.7 Å². The van der Waals surface area contributed by atoms with E-state index < -0.39 is 0 Å². The second-order valence-electron chi connectivity index (χ2n) is 13.3. The Labute approximate surface area is 302 Å². The molecule has 0 atom stereocenters. The predicted molar refractivity (Wildman–Crippen MR) is 223 cm³/mol. The van der Waals surface area contributed by atoms with Gasteiger partial charge in [0.2, 0.25) is 0 Å². The molecule has 0 amide bonds. The molecule has 0 unspecified atom stereocenters. The van der Waals surface area contributed by atoms with Crippen LogP contribution in [0.15, 0.2) is 176 Å². The second-order valence-corrected chi connectivity index (χ2v) is 15.5. The zero-order chi connectivity index (χ0) is 33.5. The summed E-state index contributed by atoms with van der Waals surface area (Å²) in [6.45, 7) is 0. The minimum Gasteiger partial charge on any atom is -0.309 e. The second kappa shape index (κ2) is 11.3. The van der Waals surface area contributed by atoms with E-state index in [-0.39, 0.29) is 0 Å². The molecule has 51 heavy (non-hydrogen) atoms. The van der Waals surface area contributed by atoms with Crippen molar-refractivity contribution >= 4 is 84.8 Å². The van der Waals surface area contributed by atoms with Crippen LogP contribution < -0.4 is 0 Å². The molecule has 238 valence electrons. The summed E-state index contributed by atoms with van der Waals surface area (Å²) in [6, 6.07) is 65.1. The highest BCUT2D eigenvalue weighted by Gasteiger charge is 2.20. The molecule has 3 heteroatoms. The lowest BCUT2D eigenvalue weighted by Gasteiger charge is -2.14. The van der Waals surface area contributed by atoms with Crippen molar-refractivity contribution in [1.29, 1.82) is 0 Å². The van der Waals surface area contributed by atoms with Crippen LogP contribution in [-0.4, -0.2) is 4.57 Å². The fraction of sp³-hybridized carbons (Fsp3) is 0. The molecule has 0 saturated heterocycles. The van der Waals surface area contributed by atoms with Crippen molar-refractivity contribution in [2.45, 2.75) is 0 Å². The van der Waals surface area contributed by atoms with Gasteiger partial charge in [0.1, 0.15) is 0 Å². The van der Waals surface area contributed by atoms with E-state index in [1.54, 1.807) is 0 Å². The minimum atomic E-state index is 1.18. The SMILES string of the molecule is c1ccc(-c2cc(-c3ccccc3)c3c(c2)c2cc(-c4ccc5sc6ccccc6c5c4)ccc2n3-c2ccc3sc4ccccc4c3c2)cc1. The third-order valence-corrected chi connectivity index (χ3v) is 12.7. The Morgan fingerprint density at radius 2 is 0.843 bits per heavy atom. The molecule has 0 spiro atoms.